The van der Waals surface area contributed by atoms with Crippen LogP contribution in [0.3, 0.4) is 0 Å². The Labute approximate surface area is 111 Å². The maximum absolute atomic E-state index is 12.0. The molecule has 18 heavy (non-hydrogen) atoms. The number of primary sulfonamides is 1. The Bertz CT molecular complexity index is 510. The SMILES string of the molecule is NS(=O)(=O)CC1CCN(C(=O)Cc2cccs2)C1. The second kappa shape index (κ2) is 5.38. The average Bonchev–Trinajstić information content (AvgIpc) is 2.86. The molecule has 7 heteroatoms. The predicted octanol–water partition coefficient (Wildman–Crippen LogP) is 0.428. The predicted molar refractivity (Wildman–Crippen MR) is 70.7 cm³/mol. The number of carbonyl (C=O) groups is 1. The van der Waals surface area contributed by atoms with Gasteiger partial charge in [0.05, 0.1) is 12.2 Å². The summed E-state index contributed by atoms with van der Waals surface area (Å²) in [5, 5.41) is 6.96. The highest BCUT2D eigenvalue weighted by atomic mass is 32.2. The number of rotatable bonds is 4. The van der Waals surface area contributed by atoms with Gasteiger partial charge >= 0.3 is 0 Å². The number of sulfonamides is 1. The van der Waals surface area contributed by atoms with Gasteiger partial charge in [0.2, 0.25) is 15.9 Å². The first-order valence-electron chi connectivity index (χ1n) is 5.74. The third-order valence-corrected chi connectivity index (χ3v) is 4.82. The van der Waals surface area contributed by atoms with Crippen molar-refractivity contribution in [1.82, 2.24) is 4.90 Å². The van der Waals surface area contributed by atoms with Gasteiger partial charge in [-0.1, -0.05) is 6.07 Å². The Kier molecular flexibility index (Phi) is 4.04. The fourth-order valence-electron chi connectivity index (χ4n) is 2.20. The van der Waals surface area contributed by atoms with E-state index < -0.39 is 10.0 Å². The van der Waals surface area contributed by atoms with Crippen molar-refractivity contribution >= 4 is 27.3 Å². The molecular formula is C11H16N2O3S2. The fourth-order valence-corrected chi connectivity index (χ4v) is 3.82. The van der Waals surface area contributed by atoms with Crippen LogP contribution >= 0.6 is 11.3 Å². The molecule has 0 bridgehead atoms. The monoisotopic (exact) mass is 288 g/mol. The lowest BCUT2D eigenvalue weighted by Gasteiger charge is -2.15. The molecule has 2 rings (SSSR count). The third kappa shape index (κ3) is 3.79. The summed E-state index contributed by atoms with van der Waals surface area (Å²) in [6.07, 6.45) is 1.12. The molecule has 1 aromatic rings. The van der Waals surface area contributed by atoms with Gasteiger partial charge in [-0.15, -0.1) is 11.3 Å². The first kappa shape index (κ1) is 13.5. The molecule has 1 amide bonds. The Morgan fingerprint density at radius 3 is 2.94 bits per heavy atom. The molecule has 0 radical (unpaired) electrons. The molecule has 1 fully saturated rings. The van der Waals surface area contributed by atoms with Gasteiger partial charge in [0.25, 0.3) is 0 Å². The summed E-state index contributed by atoms with van der Waals surface area (Å²) < 4.78 is 22.0. The highest BCUT2D eigenvalue weighted by Crippen LogP contribution is 2.19. The number of thiophene rings is 1. The van der Waals surface area contributed by atoms with Crippen molar-refractivity contribution in [2.24, 2.45) is 11.1 Å². The molecule has 1 unspecified atom stereocenters. The molecule has 1 aliphatic heterocycles. The summed E-state index contributed by atoms with van der Waals surface area (Å²) in [6.45, 7) is 1.13. The average molecular weight is 288 g/mol. The van der Waals surface area contributed by atoms with Crippen molar-refractivity contribution in [3.8, 4) is 0 Å². The van der Waals surface area contributed by atoms with E-state index in [0.717, 1.165) is 4.88 Å². The third-order valence-electron chi connectivity index (χ3n) is 3.01. The van der Waals surface area contributed by atoms with E-state index in [9.17, 15) is 13.2 Å². The first-order valence-corrected chi connectivity index (χ1v) is 8.34. The first-order chi connectivity index (χ1) is 8.44. The molecular weight excluding hydrogens is 272 g/mol. The van der Waals surface area contributed by atoms with Crippen LogP contribution in [-0.4, -0.2) is 38.1 Å². The number of likely N-dealkylation sites (tertiary alicyclic amines) is 1. The lowest BCUT2D eigenvalue weighted by Crippen LogP contribution is -2.31. The van der Waals surface area contributed by atoms with E-state index in [1.807, 2.05) is 17.5 Å². The van der Waals surface area contributed by atoms with Gasteiger partial charge in [0.15, 0.2) is 0 Å². The van der Waals surface area contributed by atoms with E-state index in [1.54, 1.807) is 16.2 Å². The summed E-state index contributed by atoms with van der Waals surface area (Å²) >= 11 is 1.56. The van der Waals surface area contributed by atoms with Crippen LogP contribution in [0.2, 0.25) is 0 Å². The molecule has 2 heterocycles. The molecule has 100 valence electrons. The Hall–Kier alpha value is -0.920. The molecule has 1 saturated heterocycles. The molecule has 5 nitrogen and oxygen atoms in total. The van der Waals surface area contributed by atoms with E-state index in [1.165, 1.54) is 0 Å². The molecule has 0 aliphatic carbocycles. The van der Waals surface area contributed by atoms with E-state index in [4.69, 9.17) is 5.14 Å². The Balaban J connectivity index is 1.87. The van der Waals surface area contributed by atoms with Crippen molar-refractivity contribution < 1.29 is 13.2 Å². The molecule has 1 atom stereocenters. The van der Waals surface area contributed by atoms with E-state index in [0.29, 0.717) is 25.9 Å². The summed E-state index contributed by atoms with van der Waals surface area (Å²) in [5.41, 5.74) is 0. The molecule has 0 saturated carbocycles. The van der Waals surface area contributed by atoms with Crippen LogP contribution in [-0.2, 0) is 21.2 Å². The van der Waals surface area contributed by atoms with Crippen molar-refractivity contribution in [3.05, 3.63) is 22.4 Å². The van der Waals surface area contributed by atoms with E-state index >= 15 is 0 Å². The zero-order valence-corrected chi connectivity index (χ0v) is 11.5. The minimum absolute atomic E-state index is 0.0210. The molecule has 1 aliphatic rings. The van der Waals surface area contributed by atoms with Crippen LogP contribution in [0.15, 0.2) is 17.5 Å². The summed E-state index contributed by atoms with van der Waals surface area (Å²) in [6, 6.07) is 3.85. The zero-order chi connectivity index (χ0) is 13.2. The van der Waals surface area contributed by atoms with Crippen LogP contribution < -0.4 is 5.14 Å². The number of hydrogen-bond acceptors (Lipinski definition) is 4. The van der Waals surface area contributed by atoms with Crippen LogP contribution in [0.25, 0.3) is 0 Å². The second-order valence-electron chi connectivity index (χ2n) is 4.58. The Morgan fingerprint density at radius 2 is 2.33 bits per heavy atom. The molecule has 0 aromatic carbocycles. The molecule has 2 N–H and O–H groups in total. The van der Waals surface area contributed by atoms with Crippen molar-refractivity contribution in [3.63, 3.8) is 0 Å². The standard InChI is InChI=1S/C11H16N2O3S2/c12-18(15,16)8-9-3-4-13(7-9)11(14)6-10-2-1-5-17-10/h1-2,5,9H,3-4,6-8H2,(H2,12,15,16). The highest BCUT2D eigenvalue weighted by Gasteiger charge is 2.28. The lowest BCUT2D eigenvalue weighted by molar-refractivity contribution is -0.129. The van der Waals surface area contributed by atoms with Crippen LogP contribution in [0.5, 0.6) is 0 Å². The lowest BCUT2D eigenvalue weighted by atomic mass is 10.2. The summed E-state index contributed by atoms with van der Waals surface area (Å²) in [4.78, 5) is 14.7. The van der Waals surface area contributed by atoms with Gasteiger partial charge in [-0.25, -0.2) is 13.6 Å². The van der Waals surface area contributed by atoms with E-state index in [2.05, 4.69) is 0 Å². The number of hydrogen-bond donors (Lipinski definition) is 1. The molecule has 0 spiro atoms. The summed E-state index contributed by atoms with van der Waals surface area (Å²) in [7, 11) is -3.44. The highest BCUT2D eigenvalue weighted by molar-refractivity contribution is 7.89. The normalized spacial score (nSPS) is 20.3. The van der Waals surface area contributed by atoms with Gasteiger partial charge in [-0.05, 0) is 23.8 Å². The van der Waals surface area contributed by atoms with Gasteiger partial charge in [-0.3, -0.25) is 4.79 Å². The second-order valence-corrected chi connectivity index (χ2v) is 7.27. The topological polar surface area (TPSA) is 80.5 Å². The van der Waals surface area contributed by atoms with Crippen molar-refractivity contribution in [2.45, 2.75) is 12.8 Å². The van der Waals surface area contributed by atoms with Gasteiger partial charge < -0.3 is 4.90 Å². The minimum Gasteiger partial charge on any atom is -0.342 e. The minimum atomic E-state index is -3.44. The van der Waals surface area contributed by atoms with Gasteiger partial charge in [0.1, 0.15) is 0 Å². The maximum Gasteiger partial charge on any atom is 0.227 e. The number of nitrogens with two attached hydrogens (primary N) is 1. The van der Waals surface area contributed by atoms with Crippen molar-refractivity contribution in [2.75, 3.05) is 18.8 Å². The smallest absolute Gasteiger partial charge is 0.227 e. The molecule has 1 aromatic heterocycles. The quantitative estimate of drug-likeness (QED) is 0.872. The maximum atomic E-state index is 12.0. The van der Waals surface area contributed by atoms with Crippen LogP contribution in [0.1, 0.15) is 11.3 Å². The number of carbonyl (C=O) groups excluding carboxylic acids is 1. The Morgan fingerprint density at radius 1 is 1.56 bits per heavy atom. The number of amides is 1. The van der Waals surface area contributed by atoms with Gasteiger partial charge in [0, 0.05) is 18.0 Å². The van der Waals surface area contributed by atoms with Gasteiger partial charge in [-0.2, -0.15) is 0 Å². The van der Waals surface area contributed by atoms with E-state index in [-0.39, 0.29) is 17.6 Å². The van der Waals surface area contributed by atoms with Crippen molar-refractivity contribution in [1.29, 1.82) is 0 Å². The fraction of sp³-hybridized carbons (Fsp3) is 0.545. The largest absolute Gasteiger partial charge is 0.342 e. The van der Waals surface area contributed by atoms with Crippen LogP contribution in [0, 0.1) is 5.92 Å². The summed E-state index contributed by atoms with van der Waals surface area (Å²) in [5.74, 6) is 0.0112. The van der Waals surface area contributed by atoms with Crippen LogP contribution in [0.4, 0.5) is 0 Å². The number of nitrogens with zero attached hydrogens (tertiary/aromatic N) is 1. The zero-order valence-electron chi connectivity index (χ0n) is 9.91.